The van der Waals surface area contributed by atoms with Crippen LogP contribution in [0.2, 0.25) is 0 Å². The highest BCUT2D eigenvalue weighted by molar-refractivity contribution is 7.98. The molecule has 14 N–H and O–H groups in total. The van der Waals surface area contributed by atoms with Crippen LogP contribution in [0.4, 0.5) is 0 Å². The average Bonchev–Trinajstić information content (AvgIpc) is 3.81. The summed E-state index contributed by atoms with van der Waals surface area (Å²) >= 11 is 5.81. The number of carboxylic acids is 1. The van der Waals surface area contributed by atoms with Crippen molar-refractivity contribution < 1.29 is 48.3 Å². The molecule has 0 aliphatic carbocycles. The Labute approximate surface area is 433 Å². The average molecular weight is 1050 g/mol. The van der Waals surface area contributed by atoms with E-state index in [-0.39, 0.29) is 87.5 Å². The lowest BCUT2D eigenvalue weighted by Crippen LogP contribution is -2.60. The van der Waals surface area contributed by atoms with Crippen LogP contribution in [0.5, 0.6) is 0 Å². The number of rotatable bonds is 31. The third-order valence-electron chi connectivity index (χ3n) is 11.8. The number of carbonyl (C=O) groups excluding carboxylic acids is 8. The van der Waals surface area contributed by atoms with Gasteiger partial charge >= 0.3 is 5.97 Å². The molecule has 1 aliphatic heterocycles. The molecule has 0 spiro atoms. The molecule has 0 aromatic heterocycles. The number of thioether (sulfide) groups is 1. The molecule has 0 unspecified atom stereocenters. The normalized spacial score (nSPS) is 16.7. The Hall–Kier alpha value is -5.62. The van der Waals surface area contributed by atoms with E-state index in [1.54, 1.807) is 44.2 Å². The minimum absolute atomic E-state index is 0.00480. The molecule has 0 radical (unpaired) electrons. The Balaban J connectivity index is 2.31. The van der Waals surface area contributed by atoms with Crippen LogP contribution >= 0.6 is 24.4 Å². The van der Waals surface area contributed by atoms with Crippen molar-refractivity contribution in [3.05, 3.63) is 35.9 Å². The molecular weight excluding hydrogens is 969 g/mol. The number of aliphatic imine (C=N–C) groups is 1. The molecule has 0 bridgehead atoms. The summed E-state index contributed by atoms with van der Waals surface area (Å²) in [5, 5.41) is 28.5. The van der Waals surface area contributed by atoms with Gasteiger partial charge in [-0.15, -0.1) is 0 Å². The number of nitrogens with two attached hydrogens (primary N) is 3. The van der Waals surface area contributed by atoms with Crippen LogP contribution < -0.4 is 54.4 Å². The van der Waals surface area contributed by atoms with E-state index in [1.807, 2.05) is 34.0 Å². The molecule has 24 heteroatoms. The second kappa shape index (κ2) is 31.8. The van der Waals surface area contributed by atoms with Crippen molar-refractivity contribution in [2.24, 2.45) is 39.9 Å². The molecule has 1 saturated heterocycles. The number of guanidine groups is 1. The van der Waals surface area contributed by atoms with Crippen molar-refractivity contribution in [2.75, 3.05) is 30.9 Å². The van der Waals surface area contributed by atoms with E-state index < -0.39 is 108 Å². The first-order chi connectivity index (χ1) is 33.9. The van der Waals surface area contributed by atoms with E-state index in [4.69, 9.17) is 17.2 Å². The lowest BCUT2D eigenvalue weighted by atomic mass is 9.99. The van der Waals surface area contributed by atoms with E-state index in [0.29, 0.717) is 17.7 Å². The van der Waals surface area contributed by atoms with E-state index in [2.05, 4.69) is 54.8 Å². The number of hydrogen-bond acceptors (Lipinski definition) is 13. The van der Waals surface area contributed by atoms with Gasteiger partial charge in [0, 0.05) is 25.3 Å². The maximum Gasteiger partial charge on any atom is 0.326 e. The summed E-state index contributed by atoms with van der Waals surface area (Å²) in [6.07, 6.45) is 3.29. The Bertz CT molecular complexity index is 2010. The van der Waals surface area contributed by atoms with Gasteiger partial charge in [0.15, 0.2) is 5.96 Å². The monoisotopic (exact) mass is 1050 g/mol. The lowest BCUT2D eigenvalue weighted by Gasteiger charge is -2.30. The van der Waals surface area contributed by atoms with E-state index in [1.165, 1.54) is 23.6 Å². The standard InChI is InChI=1S/C48H80N12O10S2/c1-26(2)22-33(41(63)57-34(24-30-14-10-9-11-15-30)42(64)58-35(47(69)70)23-27(3)4)56-43(65)36(25-71)59-40(62)31(16-12-19-52-48(50)51)54-44(66)37-17-13-20-60(37)46(68)29(7)53-39(61)32(18-21-72-8)55-45(67)38(49)28(5)6/h9-11,14-15,26-29,31-38,71H,12-13,16-25,49H2,1-8H3,(H,53,61)(H,54,66)(H,55,67)(H,56,65)(H,57,63)(H,58,64)(H,59,62)(H,69,70)(H4,50,51,52)/t29-,31-,32-,33-,34-,35-,36-,37-,38-/m0/s1. The first kappa shape index (κ1) is 62.5. The zero-order chi connectivity index (χ0) is 54.2. The van der Waals surface area contributed by atoms with E-state index in [9.17, 15) is 48.3 Å². The molecule has 8 amide bonds. The van der Waals surface area contributed by atoms with Crippen molar-refractivity contribution in [1.29, 1.82) is 0 Å². The molecule has 1 fully saturated rings. The number of amides is 8. The zero-order valence-corrected chi connectivity index (χ0v) is 44.6. The topological polar surface area (TPSA) is 352 Å². The van der Waals surface area contributed by atoms with Crippen molar-refractivity contribution in [3.8, 4) is 0 Å². The number of benzene rings is 1. The smallest absolute Gasteiger partial charge is 0.326 e. The van der Waals surface area contributed by atoms with Gasteiger partial charge in [0.05, 0.1) is 6.04 Å². The molecule has 404 valence electrons. The number of nitrogens with one attached hydrogen (secondary N) is 7. The minimum Gasteiger partial charge on any atom is -0.480 e. The van der Waals surface area contributed by atoms with E-state index >= 15 is 0 Å². The highest BCUT2D eigenvalue weighted by Crippen LogP contribution is 2.20. The fraction of sp³-hybridized carbons (Fsp3) is 0.667. The summed E-state index contributed by atoms with van der Waals surface area (Å²) in [6, 6.07) is -1.40. The van der Waals surface area contributed by atoms with Gasteiger partial charge in [0.2, 0.25) is 47.3 Å². The SMILES string of the molecule is CSCC[C@H](NC(=O)[C@@H](N)C(C)C)C(=O)N[C@@H](C)C(=O)N1CCC[C@H]1C(=O)N[C@@H](CCCN=C(N)N)C(=O)N[C@@H](CS)C(=O)N[C@@H](CC(C)C)C(=O)N[C@@H](Cc1ccccc1)C(=O)N[C@@H](CC(C)C)C(=O)O. The maximum atomic E-state index is 14.1. The number of aliphatic carboxylic acids is 1. The second-order valence-corrected chi connectivity index (χ2v) is 20.6. The van der Waals surface area contributed by atoms with Crippen LogP contribution in [0.1, 0.15) is 99.0 Å². The molecular formula is C48H80N12O10S2. The fourth-order valence-electron chi connectivity index (χ4n) is 7.78. The van der Waals surface area contributed by atoms with Crippen molar-refractivity contribution in [2.45, 2.75) is 154 Å². The van der Waals surface area contributed by atoms with Gasteiger partial charge in [0.25, 0.3) is 0 Å². The summed E-state index contributed by atoms with van der Waals surface area (Å²) in [6.45, 7) is 12.6. The van der Waals surface area contributed by atoms with Crippen LogP contribution in [0.3, 0.4) is 0 Å². The van der Waals surface area contributed by atoms with Crippen molar-refractivity contribution >= 4 is 83.6 Å². The Morgan fingerprint density at radius 1 is 0.708 bits per heavy atom. The minimum atomic E-state index is -1.34. The maximum absolute atomic E-state index is 14.1. The number of hydrogen-bond donors (Lipinski definition) is 12. The molecule has 1 aromatic carbocycles. The number of carbonyl (C=O) groups is 9. The molecule has 22 nitrogen and oxygen atoms in total. The molecule has 1 heterocycles. The number of carboxylic acid groups (broad SMARTS) is 1. The Morgan fingerprint density at radius 3 is 1.79 bits per heavy atom. The highest BCUT2D eigenvalue weighted by atomic mass is 32.2. The van der Waals surface area contributed by atoms with Gasteiger partial charge in [0.1, 0.15) is 48.3 Å². The lowest BCUT2D eigenvalue weighted by molar-refractivity contribution is -0.142. The quantitative estimate of drug-likeness (QED) is 0.0194. The molecule has 1 aromatic rings. The fourth-order valence-corrected chi connectivity index (χ4v) is 8.51. The van der Waals surface area contributed by atoms with Gasteiger partial charge in [-0.25, -0.2) is 4.79 Å². The summed E-state index contributed by atoms with van der Waals surface area (Å²) in [4.78, 5) is 127. The first-order valence-electron chi connectivity index (χ1n) is 24.5. The van der Waals surface area contributed by atoms with Crippen molar-refractivity contribution in [3.63, 3.8) is 0 Å². The third-order valence-corrected chi connectivity index (χ3v) is 12.8. The van der Waals surface area contributed by atoms with Gasteiger partial charge in [-0.05, 0) is 87.2 Å². The van der Waals surface area contributed by atoms with Gasteiger partial charge in [-0.3, -0.25) is 43.3 Å². The van der Waals surface area contributed by atoms with Crippen LogP contribution in [-0.4, -0.2) is 154 Å². The molecule has 72 heavy (non-hydrogen) atoms. The van der Waals surface area contributed by atoms with Gasteiger partial charge in [-0.1, -0.05) is 71.9 Å². The summed E-state index contributed by atoms with van der Waals surface area (Å²) < 4.78 is 0. The summed E-state index contributed by atoms with van der Waals surface area (Å²) in [5.41, 5.74) is 17.7. The number of likely N-dealkylation sites (tertiary alicyclic amines) is 1. The Morgan fingerprint density at radius 2 is 1.22 bits per heavy atom. The number of nitrogens with zero attached hydrogens (tertiary/aromatic N) is 2. The Kier molecular flexibility index (Phi) is 27.6. The predicted molar refractivity (Wildman–Crippen MR) is 280 cm³/mol. The molecule has 2 rings (SSSR count). The third kappa shape index (κ3) is 21.6. The summed E-state index contributed by atoms with van der Waals surface area (Å²) in [5.74, 6) is -6.85. The number of thiol groups is 1. The second-order valence-electron chi connectivity index (χ2n) is 19.3. The van der Waals surface area contributed by atoms with Gasteiger partial charge in [-0.2, -0.15) is 24.4 Å². The largest absolute Gasteiger partial charge is 0.480 e. The van der Waals surface area contributed by atoms with Crippen LogP contribution in [-0.2, 0) is 49.6 Å². The highest BCUT2D eigenvalue weighted by Gasteiger charge is 2.39. The molecule has 0 saturated carbocycles. The van der Waals surface area contributed by atoms with Crippen LogP contribution in [0, 0.1) is 17.8 Å². The summed E-state index contributed by atoms with van der Waals surface area (Å²) in [7, 11) is 0. The van der Waals surface area contributed by atoms with E-state index in [0.717, 1.165) is 0 Å². The van der Waals surface area contributed by atoms with Crippen LogP contribution in [0.15, 0.2) is 35.3 Å². The van der Waals surface area contributed by atoms with Crippen molar-refractivity contribution in [1.82, 2.24) is 42.1 Å². The zero-order valence-electron chi connectivity index (χ0n) is 42.9. The predicted octanol–water partition coefficient (Wildman–Crippen LogP) is -0.470. The molecule has 1 aliphatic rings. The first-order valence-corrected chi connectivity index (χ1v) is 26.5. The van der Waals surface area contributed by atoms with Crippen LogP contribution in [0.25, 0.3) is 0 Å². The van der Waals surface area contributed by atoms with Gasteiger partial charge < -0.3 is 64.4 Å². The molecule has 9 atom stereocenters.